The molecule has 0 spiro atoms. The number of para-hydroxylation sites is 1. The molecular weight excluding hydrogens is 336 g/mol. The molecule has 0 aliphatic carbocycles. The van der Waals surface area contributed by atoms with Crippen LogP contribution >= 0.6 is 0 Å². The molecule has 3 rings (SSSR count). The molecule has 0 bridgehead atoms. The van der Waals surface area contributed by atoms with Crippen LogP contribution in [0, 0.1) is 13.8 Å². The Hall–Kier alpha value is -2.25. The van der Waals surface area contributed by atoms with Crippen LogP contribution < -0.4 is 0 Å². The van der Waals surface area contributed by atoms with E-state index in [0.29, 0.717) is 5.52 Å². The maximum atomic E-state index is 13.1. The molecule has 0 aliphatic rings. The standard InChI is InChI=1S/C18H22N4O2S/c1-5-22-14(3)16(13(2)20-22)12-21(4)25(23,24)17-10-6-8-15-9-7-11-19-18(15)17/h6-11H,5,12H2,1-4H3. The highest BCUT2D eigenvalue weighted by Crippen LogP contribution is 2.25. The number of aromatic nitrogens is 3. The van der Waals surface area contributed by atoms with Crippen molar-refractivity contribution in [2.75, 3.05) is 7.05 Å². The SMILES string of the molecule is CCn1nc(C)c(CN(C)S(=O)(=O)c2cccc3cccnc23)c1C. The zero-order chi connectivity index (χ0) is 18.2. The Bertz CT molecular complexity index is 1020. The fourth-order valence-corrected chi connectivity index (χ4v) is 4.33. The smallest absolute Gasteiger partial charge is 0.245 e. The molecule has 0 amide bonds. The number of hydrogen-bond acceptors (Lipinski definition) is 4. The van der Waals surface area contributed by atoms with Crippen molar-refractivity contribution in [3.05, 3.63) is 53.5 Å². The van der Waals surface area contributed by atoms with Gasteiger partial charge in [-0.05, 0) is 32.9 Å². The van der Waals surface area contributed by atoms with Gasteiger partial charge in [0.15, 0.2) is 0 Å². The van der Waals surface area contributed by atoms with Gasteiger partial charge in [0.25, 0.3) is 0 Å². The Morgan fingerprint density at radius 3 is 2.56 bits per heavy atom. The number of rotatable bonds is 5. The topological polar surface area (TPSA) is 68.1 Å². The lowest BCUT2D eigenvalue weighted by atomic mass is 10.2. The Morgan fingerprint density at radius 1 is 1.16 bits per heavy atom. The van der Waals surface area contributed by atoms with Gasteiger partial charge in [-0.3, -0.25) is 9.67 Å². The van der Waals surface area contributed by atoms with Gasteiger partial charge in [0.2, 0.25) is 10.0 Å². The summed E-state index contributed by atoms with van der Waals surface area (Å²) in [6, 6.07) is 8.88. The molecule has 0 fully saturated rings. The molecule has 0 atom stereocenters. The van der Waals surface area contributed by atoms with E-state index in [-0.39, 0.29) is 11.4 Å². The third-order valence-electron chi connectivity index (χ3n) is 4.50. The Balaban J connectivity index is 2.01. The van der Waals surface area contributed by atoms with E-state index >= 15 is 0 Å². The lowest BCUT2D eigenvalue weighted by Gasteiger charge is -2.18. The van der Waals surface area contributed by atoms with E-state index in [0.717, 1.165) is 28.9 Å². The molecule has 0 N–H and O–H groups in total. The minimum atomic E-state index is -3.66. The predicted octanol–water partition coefficient (Wildman–Crippen LogP) is 2.89. The van der Waals surface area contributed by atoms with Crippen LogP contribution in [0.1, 0.15) is 23.9 Å². The van der Waals surface area contributed by atoms with Gasteiger partial charge in [-0.15, -0.1) is 0 Å². The van der Waals surface area contributed by atoms with Crippen LogP contribution in [0.5, 0.6) is 0 Å². The number of pyridine rings is 1. The summed E-state index contributed by atoms with van der Waals surface area (Å²) in [5.41, 5.74) is 3.30. The van der Waals surface area contributed by atoms with Gasteiger partial charge in [-0.1, -0.05) is 18.2 Å². The fraction of sp³-hybridized carbons (Fsp3) is 0.333. The Morgan fingerprint density at radius 2 is 1.88 bits per heavy atom. The zero-order valence-corrected chi connectivity index (χ0v) is 15.7. The van der Waals surface area contributed by atoms with Gasteiger partial charge in [-0.25, -0.2) is 8.42 Å². The largest absolute Gasteiger partial charge is 0.270 e. The summed E-state index contributed by atoms with van der Waals surface area (Å²) in [4.78, 5) is 4.50. The molecule has 0 saturated carbocycles. The predicted molar refractivity (Wildman–Crippen MR) is 97.8 cm³/mol. The molecule has 0 unspecified atom stereocenters. The Kier molecular flexibility index (Phi) is 4.62. The molecule has 2 aromatic heterocycles. The highest BCUT2D eigenvalue weighted by Gasteiger charge is 2.25. The molecule has 3 aromatic rings. The Labute approximate surface area is 148 Å². The first-order valence-corrected chi connectivity index (χ1v) is 9.63. The third kappa shape index (κ3) is 3.05. The number of hydrogen-bond donors (Lipinski definition) is 0. The van der Waals surface area contributed by atoms with Crippen molar-refractivity contribution in [1.29, 1.82) is 0 Å². The minimum absolute atomic E-state index is 0.228. The lowest BCUT2D eigenvalue weighted by Crippen LogP contribution is -2.27. The van der Waals surface area contributed by atoms with E-state index in [1.165, 1.54) is 4.31 Å². The van der Waals surface area contributed by atoms with Crippen LogP contribution in [0.2, 0.25) is 0 Å². The van der Waals surface area contributed by atoms with E-state index in [2.05, 4.69) is 10.1 Å². The van der Waals surface area contributed by atoms with Crippen LogP contribution in [0.15, 0.2) is 41.4 Å². The van der Waals surface area contributed by atoms with E-state index in [9.17, 15) is 8.42 Å². The summed E-state index contributed by atoms with van der Waals surface area (Å²) in [7, 11) is -2.06. The van der Waals surface area contributed by atoms with Crippen molar-refractivity contribution in [3.63, 3.8) is 0 Å². The van der Waals surface area contributed by atoms with Gasteiger partial charge in [-0.2, -0.15) is 9.40 Å². The van der Waals surface area contributed by atoms with Gasteiger partial charge in [0.1, 0.15) is 4.90 Å². The number of nitrogens with zero attached hydrogens (tertiary/aromatic N) is 4. The van der Waals surface area contributed by atoms with Gasteiger partial charge >= 0.3 is 0 Å². The van der Waals surface area contributed by atoms with Gasteiger partial charge in [0, 0.05) is 43.0 Å². The van der Waals surface area contributed by atoms with Crippen molar-refractivity contribution in [3.8, 4) is 0 Å². The first-order chi connectivity index (χ1) is 11.9. The zero-order valence-electron chi connectivity index (χ0n) is 14.9. The summed E-state index contributed by atoms with van der Waals surface area (Å²) >= 11 is 0. The van der Waals surface area contributed by atoms with Crippen LogP contribution in [0.3, 0.4) is 0 Å². The van der Waals surface area contributed by atoms with Crippen molar-refractivity contribution in [2.24, 2.45) is 0 Å². The summed E-state index contributed by atoms with van der Waals surface area (Å²) < 4.78 is 29.5. The first-order valence-electron chi connectivity index (χ1n) is 8.19. The highest BCUT2D eigenvalue weighted by molar-refractivity contribution is 7.89. The summed E-state index contributed by atoms with van der Waals surface area (Å²) in [6.07, 6.45) is 1.61. The molecule has 6 nitrogen and oxygen atoms in total. The first kappa shape index (κ1) is 17.6. The van der Waals surface area contributed by atoms with E-state index in [1.807, 2.05) is 37.6 Å². The van der Waals surface area contributed by atoms with Crippen LogP contribution in [-0.4, -0.2) is 34.5 Å². The molecule has 0 saturated heterocycles. The van der Waals surface area contributed by atoms with Crippen molar-refractivity contribution in [2.45, 2.75) is 38.8 Å². The van der Waals surface area contributed by atoms with E-state index in [4.69, 9.17) is 0 Å². The molecule has 0 aliphatic heterocycles. The van der Waals surface area contributed by atoms with Crippen molar-refractivity contribution in [1.82, 2.24) is 19.1 Å². The lowest BCUT2D eigenvalue weighted by molar-refractivity contribution is 0.465. The highest BCUT2D eigenvalue weighted by atomic mass is 32.2. The second-order valence-corrected chi connectivity index (χ2v) is 8.07. The molecule has 2 heterocycles. The molecule has 132 valence electrons. The number of benzene rings is 1. The molecule has 1 aromatic carbocycles. The number of sulfonamides is 1. The van der Waals surface area contributed by atoms with Gasteiger partial charge < -0.3 is 0 Å². The average Bonchev–Trinajstić information content (AvgIpc) is 2.88. The van der Waals surface area contributed by atoms with E-state index in [1.54, 1.807) is 31.4 Å². The fourth-order valence-electron chi connectivity index (χ4n) is 3.03. The molecule has 25 heavy (non-hydrogen) atoms. The number of fused-ring (bicyclic) bond motifs is 1. The maximum Gasteiger partial charge on any atom is 0.245 e. The second-order valence-electron chi connectivity index (χ2n) is 6.06. The monoisotopic (exact) mass is 358 g/mol. The summed E-state index contributed by atoms with van der Waals surface area (Å²) in [5.74, 6) is 0. The summed E-state index contributed by atoms with van der Waals surface area (Å²) in [5, 5.41) is 5.28. The minimum Gasteiger partial charge on any atom is -0.270 e. The molecular formula is C18H22N4O2S. The molecule has 7 heteroatoms. The van der Waals surface area contributed by atoms with Crippen LogP contribution in [0.25, 0.3) is 10.9 Å². The van der Waals surface area contributed by atoms with Crippen LogP contribution in [-0.2, 0) is 23.1 Å². The van der Waals surface area contributed by atoms with Gasteiger partial charge in [0.05, 0.1) is 11.2 Å². The van der Waals surface area contributed by atoms with E-state index < -0.39 is 10.0 Å². The maximum absolute atomic E-state index is 13.1. The third-order valence-corrected chi connectivity index (χ3v) is 6.33. The number of aryl methyl sites for hydroxylation is 2. The summed E-state index contributed by atoms with van der Waals surface area (Å²) in [6.45, 7) is 6.94. The molecule has 0 radical (unpaired) electrons. The van der Waals surface area contributed by atoms with Crippen molar-refractivity contribution >= 4 is 20.9 Å². The average molecular weight is 358 g/mol. The normalized spacial score (nSPS) is 12.2. The second kappa shape index (κ2) is 6.57. The van der Waals surface area contributed by atoms with Crippen LogP contribution in [0.4, 0.5) is 0 Å². The quantitative estimate of drug-likeness (QED) is 0.703. The van der Waals surface area contributed by atoms with Crippen molar-refractivity contribution < 1.29 is 8.42 Å².